The van der Waals surface area contributed by atoms with Crippen molar-refractivity contribution < 1.29 is 9.32 Å². The SMILES string of the molecule is CCc1ccccc1NC(=O)Cc1nc(C)no1. The highest BCUT2D eigenvalue weighted by molar-refractivity contribution is 5.92. The Hall–Kier alpha value is -2.17. The van der Waals surface area contributed by atoms with Gasteiger partial charge in [-0.15, -0.1) is 0 Å². The third kappa shape index (κ3) is 2.94. The van der Waals surface area contributed by atoms with Gasteiger partial charge >= 0.3 is 0 Å². The molecule has 5 heteroatoms. The van der Waals surface area contributed by atoms with E-state index in [1.54, 1.807) is 6.92 Å². The molecule has 0 atom stereocenters. The summed E-state index contributed by atoms with van der Waals surface area (Å²) in [6, 6.07) is 7.73. The predicted octanol–water partition coefficient (Wildman–Crippen LogP) is 2.12. The number of amides is 1. The first-order chi connectivity index (χ1) is 8.69. The molecule has 0 bridgehead atoms. The summed E-state index contributed by atoms with van der Waals surface area (Å²) in [6.45, 7) is 3.77. The van der Waals surface area contributed by atoms with Crippen molar-refractivity contribution in [2.45, 2.75) is 26.7 Å². The first kappa shape index (κ1) is 12.3. The van der Waals surface area contributed by atoms with Crippen molar-refractivity contribution >= 4 is 11.6 Å². The average Bonchev–Trinajstić information content (AvgIpc) is 2.75. The van der Waals surface area contributed by atoms with Gasteiger partial charge in [-0.1, -0.05) is 30.3 Å². The van der Waals surface area contributed by atoms with Crippen molar-refractivity contribution in [3.63, 3.8) is 0 Å². The standard InChI is InChI=1S/C13H15N3O2/c1-3-10-6-4-5-7-11(10)15-12(17)8-13-14-9(2)16-18-13/h4-7H,3,8H2,1-2H3,(H,15,17). The van der Waals surface area contributed by atoms with Gasteiger partial charge in [0.15, 0.2) is 5.82 Å². The lowest BCUT2D eigenvalue weighted by atomic mass is 10.1. The number of hydrogen-bond acceptors (Lipinski definition) is 4. The van der Waals surface area contributed by atoms with E-state index in [2.05, 4.69) is 15.5 Å². The monoisotopic (exact) mass is 245 g/mol. The van der Waals surface area contributed by atoms with E-state index in [-0.39, 0.29) is 12.3 Å². The molecule has 0 aliphatic heterocycles. The van der Waals surface area contributed by atoms with E-state index in [9.17, 15) is 4.79 Å². The third-order valence-electron chi connectivity index (χ3n) is 2.55. The zero-order chi connectivity index (χ0) is 13.0. The maximum atomic E-state index is 11.8. The van der Waals surface area contributed by atoms with Crippen LogP contribution in [0.1, 0.15) is 24.2 Å². The van der Waals surface area contributed by atoms with Gasteiger partial charge in [0.2, 0.25) is 11.8 Å². The fraction of sp³-hybridized carbons (Fsp3) is 0.308. The van der Waals surface area contributed by atoms with Crippen molar-refractivity contribution in [1.82, 2.24) is 10.1 Å². The van der Waals surface area contributed by atoms with Crippen LogP contribution < -0.4 is 5.32 Å². The summed E-state index contributed by atoms with van der Waals surface area (Å²) in [5.74, 6) is 0.713. The summed E-state index contributed by atoms with van der Waals surface area (Å²) in [6.07, 6.45) is 0.967. The van der Waals surface area contributed by atoms with Crippen molar-refractivity contribution in [2.75, 3.05) is 5.32 Å². The van der Waals surface area contributed by atoms with Crippen LogP contribution in [0.2, 0.25) is 0 Å². The largest absolute Gasteiger partial charge is 0.339 e. The normalized spacial score (nSPS) is 10.3. The van der Waals surface area contributed by atoms with Crippen LogP contribution in [-0.2, 0) is 17.6 Å². The van der Waals surface area contributed by atoms with Crippen LogP contribution in [0.25, 0.3) is 0 Å². The average molecular weight is 245 g/mol. The molecule has 0 spiro atoms. The number of aromatic nitrogens is 2. The highest BCUT2D eigenvalue weighted by Crippen LogP contribution is 2.15. The summed E-state index contributed by atoms with van der Waals surface area (Å²) in [5, 5.41) is 6.50. The van der Waals surface area contributed by atoms with Gasteiger partial charge in [-0.25, -0.2) is 0 Å². The van der Waals surface area contributed by atoms with Gasteiger partial charge in [-0.2, -0.15) is 4.98 Å². The number of aryl methyl sites for hydroxylation is 2. The first-order valence-corrected chi connectivity index (χ1v) is 5.86. The lowest BCUT2D eigenvalue weighted by Gasteiger charge is -2.08. The molecule has 94 valence electrons. The minimum atomic E-state index is -0.153. The molecule has 1 amide bonds. The Balaban J connectivity index is 2.03. The van der Waals surface area contributed by atoms with E-state index >= 15 is 0 Å². The van der Waals surface area contributed by atoms with Gasteiger partial charge < -0.3 is 9.84 Å². The lowest BCUT2D eigenvalue weighted by molar-refractivity contribution is -0.115. The molecule has 18 heavy (non-hydrogen) atoms. The summed E-state index contributed by atoms with van der Waals surface area (Å²) in [4.78, 5) is 15.8. The van der Waals surface area contributed by atoms with Crippen molar-refractivity contribution in [3.8, 4) is 0 Å². The van der Waals surface area contributed by atoms with Gasteiger partial charge in [0.05, 0.1) is 0 Å². The number of hydrogen-bond donors (Lipinski definition) is 1. The maximum absolute atomic E-state index is 11.8. The summed E-state index contributed by atoms with van der Waals surface area (Å²) in [7, 11) is 0. The Morgan fingerprint density at radius 3 is 2.83 bits per heavy atom. The molecule has 2 aromatic rings. The Kier molecular flexibility index (Phi) is 3.72. The minimum Gasteiger partial charge on any atom is -0.339 e. The molecule has 1 heterocycles. The fourth-order valence-corrected chi connectivity index (χ4v) is 1.69. The van der Waals surface area contributed by atoms with E-state index < -0.39 is 0 Å². The van der Waals surface area contributed by atoms with Gasteiger partial charge in [0.25, 0.3) is 0 Å². The number of rotatable bonds is 4. The van der Waals surface area contributed by atoms with Crippen molar-refractivity contribution in [2.24, 2.45) is 0 Å². The molecule has 1 aromatic heterocycles. The number of para-hydroxylation sites is 1. The number of carbonyl (C=O) groups is 1. The molecular weight excluding hydrogens is 230 g/mol. The Labute approximate surface area is 105 Å². The number of anilines is 1. The van der Waals surface area contributed by atoms with E-state index in [4.69, 9.17) is 4.52 Å². The third-order valence-corrected chi connectivity index (χ3v) is 2.55. The number of nitrogens with one attached hydrogen (secondary N) is 1. The van der Waals surface area contributed by atoms with Crippen LogP contribution in [0, 0.1) is 6.92 Å². The summed E-state index contributed by atoms with van der Waals surface area (Å²) < 4.78 is 4.91. The van der Waals surface area contributed by atoms with Crippen LogP contribution in [0.5, 0.6) is 0 Å². The zero-order valence-corrected chi connectivity index (χ0v) is 10.4. The highest BCUT2D eigenvalue weighted by atomic mass is 16.5. The smallest absolute Gasteiger partial charge is 0.236 e. The molecule has 1 N–H and O–H groups in total. The quantitative estimate of drug-likeness (QED) is 0.895. The van der Waals surface area contributed by atoms with E-state index in [1.165, 1.54) is 0 Å². The second-order valence-electron chi connectivity index (χ2n) is 3.97. The molecule has 2 rings (SSSR count). The second-order valence-corrected chi connectivity index (χ2v) is 3.97. The van der Waals surface area contributed by atoms with Crippen LogP contribution in [0.3, 0.4) is 0 Å². The molecule has 0 radical (unpaired) electrons. The Morgan fingerprint density at radius 2 is 2.17 bits per heavy atom. The predicted molar refractivity (Wildman–Crippen MR) is 67.2 cm³/mol. The van der Waals surface area contributed by atoms with Crippen molar-refractivity contribution in [3.05, 3.63) is 41.5 Å². The summed E-state index contributed by atoms with van der Waals surface area (Å²) >= 11 is 0. The highest BCUT2D eigenvalue weighted by Gasteiger charge is 2.11. The molecule has 0 fully saturated rings. The van der Waals surface area contributed by atoms with Crippen LogP contribution in [-0.4, -0.2) is 16.0 Å². The van der Waals surface area contributed by atoms with Gasteiger partial charge in [0.1, 0.15) is 6.42 Å². The second kappa shape index (κ2) is 5.44. The van der Waals surface area contributed by atoms with Crippen LogP contribution >= 0.6 is 0 Å². The van der Waals surface area contributed by atoms with Crippen molar-refractivity contribution in [1.29, 1.82) is 0 Å². The molecular formula is C13H15N3O2. The van der Waals surface area contributed by atoms with Crippen LogP contribution in [0.15, 0.2) is 28.8 Å². The number of benzene rings is 1. The topological polar surface area (TPSA) is 68.0 Å². The molecule has 0 saturated carbocycles. The van der Waals surface area contributed by atoms with Crippen LogP contribution in [0.4, 0.5) is 5.69 Å². The zero-order valence-electron chi connectivity index (χ0n) is 10.4. The number of carbonyl (C=O) groups excluding carboxylic acids is 1. The molecule has 0 unspecified atom stereocenters. The number of nitrogens with zero attached hydrogens (tertiary/aromatic N) is 2. The lowest BCUT2D eigenvalue weighted by Crippen LogP contribution is -2.15. The maximum Gasteiger partial charge on any atom is 0.236 e. The van der Waals surface area contributed by atoms with E-state index in [0.717, 1.165) is 17.7 Å². The van der Waals surface area contributed by atoms with E-state index in [1.807, 2.05) is 31.2 Å². The minimum absolute atomic E-state index is 0.0961. The molecule has 1 aromatic carbocycles. The molecule has 0 aliphatic carbocycles. The van der Waals surface area contributed by atoms with Gasteiger partial charge in [0, 0.05) is 5.69 Å². The molecule has 5 nitrogen and oxygen atoms in total. The van der Waals surface area contributed by atoms with Gasteiger partial charge in [-0.3, -0.25) is 4.79 Å². The fourth-order valence-electron chi connectivity index (χ4n) is 1.69. The molecule has 0 saturated heterocycles. The first-order valence-electron chi connectivity index (χ1n) is 5.86. The Morgan fingerprint density at radius 1 is 1.39 bits per heavy atom. The Bertz CT molecular complexity index is 549. The van der Waals surface area contributed by atoms with Gasteiger partial charge in [-0.05, 0) is 25.0 Å². The molecule has 0 aliphatic rings. The summed E-state index contributed by atoms with van der Waals surface area (Å²) in [5.41, 5.74) is 1.94. The van der Waals surface area contributed by atoms with E-state index in [0.29, 0.717) is 11.7 Å².